The first-order valence-corrected chi connectivity index (χ1v) is 7.12. The SMILES string of the molecule is CCC(Nc1cc(Cl)cc(Br)c1OC)C1CC1. The van der Waals surface area contributed by atoms with Crippen LogP contribution in [0, 0.1) is 5.92 Å². The molecular formula is C13H17BrClNO. The molecule has 94 valence electrons. The molecular weight excluding hydrogens is 302 g/mol. The van der Waals surface area contributed by atoms with Crippen molar-refractivity contribution in [1.29, 1.82) is 0 Å². The minimum atomic E-state index is 0.522. The first-order chi connectivity index (χ1) is 8.15. The van der Waals surface area contributed by atoms with Gasteiger partial charge in [0.15, 0.2) is 5.75 Å². The maximum atomic E-state index is 6.08. The number of ether oxygens (including phenoxy) is 1. The Kier molecular flexibility index (Phi) is 4.21. The highest BCUT2D eigenvalue weighted by molar-refractivity contribution is 9.10. The molecule has 0 radical (unpaired) electrons. The third kappa shape index (κ3) is 3.08. The summed E-state index contributed by atoms with van der Waals surface area (Å²) < 4.78 is 6.30. The van der Waals surface area contributed by atoms with Gasteiger partial charge in [-0.1, -0.05) is 18.5 Å². The molecule has 0 heterocycles. The number of hydrogen-bond donors (Lipinski definition) is 1. The molecule has 0 bridgehead atoms. The molecule has 1 N–H and O–H groups in total. The second-order valence-corrected chi connectivity index (χ2v) is 5.76. The Balaban J connectivity index is 2.23. The summed E-state index contributed by atoms with van der Waals surface area (Å²) in [4.78, 5) is 0. The van der Waals surface area contributed by atoms with Gasteiger partial charge in [-0.3, -0.25) is 0 Å². The van der Waals surface area contributed by atoms with E-state index in [0.717, 1.165) is 28.2 Å². The van der Waals surface area contributed by atoms with Crippen LogP contribution in [0.15, 0.2) is 16.6 Å². The lowest BCUT2D eigenvalue weighted by Crippen LogP contribution is -2.21. The summed E-state index contributed by atoms with van der Waals surface area (Å²) >= 11 is 9.55. The van der Waals surface area contributed by atoms with Crippen molar-refractivity contribution in [2.75, 3.05) is 12.4 Å². The third-order valence-corrected chi connectivity index (χ3v) is 3.99. The van der Waals surface area contributed by atoms with Gasteiger partial charge in [0.25, 0.3) is 0 Å². The molecule has 1 aromatic carbocycles. The van der Waals surface area contributed by atoms with Crippen molar-refractivity contribution in [2.24, 2.45) is 5.92 Å². The normalized spacial score (nSPS) is 16.7. The van der Waals surface area contributed by atoms with Gasteiger partial charge in [0, 0.05) is 11.1 Å². The van der Waals surface area contributed by atoms with E-state index in [4.69, 9.17) is 16.3 Å². The number of hydrogen-bond acceptors (Lipinski definition) is 2. The van der Waals surface area contributed by atoms with Crippen molar-refractivity contribution < 1.29 is 4.74 Å². The number of halogens is 2. The molecule has 1 atom stereocenters. The van der Waals surface area contributed by atoms with Crippen LogP contribution in [0.1, 0.15) is 26.2 Å². The highest BCUT2D eigenvalue weighted by Gasteiger charge is 2.30. The second kappa shape index (κ2) is 5.49. The van der Waals surface area contributed by atoms with Crippen LogP contribution in [-0.2, 0) is 0 Å². The lowest BCUT2D eigenvalue weighted by molar-refractivity contribution is 0.413. The predicted octanol–water partition coefficient (Wildman–Crippen LogP) is 4.71. The van der Waals surface area contributed by atoms with E-state index in [1.807, 2.05) is 12.1 Å². The van der Waals surface area contributed by atoms with Crippen molar-refractivity contribution in [3.8, 4) is 5.75 Å². The van der Waals surface area contributed by atoms with E-state index in [1.54, 1.807) is 7.11 Å². The van der Waals surface area contributed by atoms with Crippen LogP contribution in [0.3, 0.4) is 0 Å². The van der Waals surface area contributed by atoms with Crippen molar-refractivity contribution >= 4 is 33.2 Å². The van der Waals surface area contributed by atoms with E-state index in [1.165, 1.54) is 12.8 Å². The average Bonchev–Trinajstić information content (AvgIpc) is 3.09. The summed E-state index contributed by atoms with van der Waals surface area (Å²) in [7, 11) is 1.68. The summed E-state index contributed by atoms with van der Waals surface area (Å²) in [5.41, 5.74) is 0.977. The molecule has 0 saturated heterocycles. The standard InChI is InChI=1S/C13H17BrClNO/c1-3-11(8-4-5-8)16-12-7-9(15)6-10(14)13(12)17-2/h6-8,11,16H,3-5H2,1-2H3. The minimum Gasteiger partial charge on any atom is -0.493 e. The first kappa shape index (κ1) is 13.0. The minimum absolute atomic E-state index is 0.522. The number of methoxy groups -OCH3 is 1. The van der Waals surface area contributed by atoms with Gasteiger partial charge in [0.1, 0.15) is 0 Å². The molecule has 0 amide bonds. The Hall–Kier alpha value is -0.410. The van der Waals surface area contributed by atoms with Crippen LogP contribution in [0.2, 0.25) is 5.02 Å². The summed E-state index contributed by atoms with van der Waals surface area (Å²) in [5, 5.41) is 4.27. The molecule has 0 spiro atoms. The molecule has 1 aromatic rings. The van der Waals surface area contributed by atoms with Crippen LogP contribution in [0.25, 0.3) is 0 Å². The molecule has 1 aliphatic carbocycles. The zero-order valence-electron chi connectivity index (χ0n) is 10.1. The highest BCUT2D eigenvalue weighted by atomic mass is 79.9. The molecule has 1 fully saturated rings. The van der Waals surface area contributed by atoms with E-state index in [2.05, 4.69) is 28.2 Å². The number of nitrogens with one attached hydrogen (secondary N) is 1. The number of rotatable bonds is 5. The smallest absolute Gasteiger partial charge is 0.156 e. The summed E-state index contributed by atoms with van der Waals surface area (Å²) in [6.07, 6.45) is 3.78. The van der Waals surface area contributed by atoms with Gasteiger partial charge in [-0.05, 0) is 53.2 Å². The fourth-order valence-electron chi connectivity index (χ4n) is 2.13. The van der Waals surface area contributed by atoms with E-state index >= 15 is 0 Å². The second-order valence-electron chi connectivity index (χ2n) is 4.46. The summed E-state index contributed by atoms with van der Waals surface area (Å²) in [6.45, 7) is 2.21. The summed E-state index contributed by atoms with van der Waals surface area (Å²) in [5.74, 6) is 1.64. The molecule has 1 unspecified atom stereocenters. The summed E-state index contributed by atoms with van der Waals surface area (Å²) in [6, 6.07) is 4.30. The molecule has 1 aliphatic rings. The fraction of sp³-hybridized carbons (Fsp3) is 0.538. The van der Waals surface area contributed by atoms with Crippen LogP contribution < -0.4 is 10.1 Å². The maximum Gasteiger partial charge on any atom is 0.156 e. The lowest BCUT2D eigenvalue weighted by atomic mass is 10.1. The number of anilines is 1. The van der Waals surface area contributed by atoms with Crippen LogP contribution in [-0.4, -0.2) is 13.2 Å². The highest BCUT2D eigenvalue weighted by Crippen LogP contribution is 2.40. The first-order valence-electron chi connectivity index (χ1n) is 5.95. The molecule has 4 heteroatoms. The maximum absolute atomic E-state index is 6.08. The largest absolute Gasteiger partial charge is 0.493 e. The van der Waals surface area contributed by atoms with Gasteiger partial charge in [-0.25, -0.2) is 0 Å². The fourth-order valence-corrected chi connectivity index (χ4v) is 3.10. The van der Waals surface area contributed by atoms with E-state index in [0.29, 0.717) is 11.1 Å². The Morgan fingerprint density at radius 3 is 2.76 bits per heavy atom. The zero-order chi connectivity index (χ0) is 12.4. The van der Waals surface area contributed by atoms with Gasteiger partial charge < -0.3 is 10.1 Å². The predicted molar refractivity (Wildman–Crippen MR) is 76.1 cm³/mol. The molecule has 1 saturated carbocycles. The van der Waals surface area contributed by atoms with Crippen LogP contribution in [0.4, 0.5) is 5.69 Å². The molecule has 2 rings (SSSR count). The van der Waals surface area contributed by atoms with Gasteiger partial charge >= 0.3 is 0 Å². The van der Waals surface area contributed by atoms with Crippen LogP contribution in [0.5, 0.6) is 5.75 Å². The topological polar surface area (TPSA) is 21.3 Å². The third-order valence-electron chi connectivity index (χ3n) is 3.18. The van der Waals surface area contributed by atoms with Gasteiger partial charge in [-0.15, -0.1) is 0 Å². The van der Waals surface area contributed by atoms with Gasteiger partial charge in [0.05, 0.1) is 17.3 Å². The Morgan fingerprint density at radius 1 is 1.53 bits per heavy atom. The zero-order valence-corrected chi connectivity index (χ0v) is 12.4. The van der Waals surface area contributed by atoms with Gasteiger partial charge in [-0.2, -0.15) is 0 Å². The van der Waals surface area contributed by atoms with Gasteiger partial charge in [0.2, 0.25) is 0 Å². The lowest BCUT2D eigenvalue weighted by Gasteiger charge is -2.20. The molecule has 0 aromatic heterocycles. The monoisotopic (exact) mass is 317 g/mol. The number of benzene rings is 1. The van der Waals surface area contributed by atoms with E-state index in [9.17, 15) is 0 Å². The Morgan fingerprint density at radius 2 is 2.24 bits per heavy atom. The Labute approximate surface area is 116 Å². The molecule has 17 heavy (non-hydrogen) atoms. The Bertz CT molecular complexity index is 407. The van der Waals surface area contributed by atoms with Crippen molar-refractivity contribution in [3.05, 3.63) is 21.6 Å². The van der Waals surface area contributed by atoms with E-state index < -0.39 is 0 Å². The molecule has 0 aliphatic heterocycles. The van der Waals surface area contributed by atoms with Crippen molar-refractivity contribution in [2.45, 2.75) is 32.2 Å². The van der Waals surface area contributed by atoms with Crippen LogP contribution >= 0.6 is 27.5 Å². The average molecular weight is 319 g/mol. The quantitative estimate of drug-likeness (QED) is 0.849. The van der Waals surface area contributed by atoms with Crippen molar-refractivity contribution in [3.63, 3.8) is 0 Å². The van der Waals surface area contributed by atoms with E-state index in [-0.39, 0.29) is 0 Å². The molecule has 2 nitrogen and oxygen atoms in total. The van der Waals surface area contributed by atoms with Crippen molar-refractivity contribution in [1.82, 2.24) is 0 Å².